The van der Waals surface area contributed by atoms with E-state index in [0.29, 0.717) is 24.2 Å². The Kier molecular flexibility index (Phi) is 5.72. The van der Waals surface area contributed by atoms with Crippen molar-refractivity contribution in [2.75, 3.05) is 0 Å². The van der Waals surface area contributed by atoms with E-state index in [9.17, 15) is 9.59 Å². The zero-order valence-corrected chi connectivity index (χ0v) is 12.0. The van der Waals surface area contributed by atoms with Gasteiger partial charge in [0, 0.05) is 24.2 Å². The van der Waals surface area contributed by atoms with Crippen LogP contribution in [0.4, 0.5) is 0 Å². The van der Waals surface area contributed by atoms with E-state index < -0.39 is 0 Å². The lowest BCUT2D eigenvalue weighted by atomic mass is 10.1. The SMILES string of the molecule is C=C(C)C(=O)NCc1ccc(CNC(=O)C(=C)C)cc1. The molecule has 0 unspecified atom stereocenters. The highest BCUT2D eigenvalue weighted by molar-refractivity contribution is 5.92. The summed E-state index contributed by atoms with van der Waals surface area (Å²) in [6.07, 6.45) is 0. The summed E-state index contributed by atoms with van der Waals surface area (Å²) in [7, 11) is 0. The molecule has 1 aromatic rings. The molecule has 0 aromatic heterocycles. The Balaban J connectivity index is 2.48. The van der Waals surface area contributed by atoms with Gasteiger partial charge in [0.2, 0.25) is 11.8 Å². The molecule has 0 heterocycles. The highest BCUT2D eigenvalue weighted by Crippen LogP contribution is 2.05. The molecule has 106 valence electrons. The molecule has 1 rings (SSSR count). The van der Waals surface area contributed by atoms with Crippen LogP contribution in [0.25, 0.3) is 0 Å². The first-order valence-electron chi connectivity index (χ1n) is 6.35. The summed E-state index contributed by atoms with van der Waals surface area (Å²) in [4.78, 5) is 22.7. The van der Waals surface area contributed by atoms with E-state index in [-0.39, 0.29) is 11.8 Å². The molecular formula is C16H20N2O2. The quantitative estimate of drug-likeness (QED) is 0.779. The van der Waals surface area contributed by atoms with Crippen LogP contribution in [0, 0.1) is 0 Å². The fourth-order valence-electron chi connectivity index (χ4n) is 1.44. The molecule has 4 nitrogen and oxygen atoms in total. The van der Waals surface area contributed by atoms with Crippen LogP contribution in [0.5, 0.6) is 0 Å². The average molecular weight is 272 g/mol. The Morgan fingerprint density at radius 3 is 1.40 bits per heavy atom. The third-order valence-electron chi connectivity index (χ3n) is 2.70. The van der Waals surface area contributed by atoms with Gasteiger partial charge in [-0.2, -0.15) is 0 Å². The van der Waals surface area contributed by atoms with Crippen molar-refractivity contribution in [3.63, 3.8) is 0 Å². The summed E-state index contributed by atoms with van der Waals surface area (Å²) >= 11 is 0. The Labute approximate surface area is 119 Å². The highest BCUT2D eigenvalue weighted by atomic mass is 16.2. The number of hydrogen-bond acceptors (Lipinski definition) is 2. The fraction of sp³-hybridized carbons (Fsp3) is 0.250. The van der Waals surface area contributed by atoms with E-state index in [0.717, 1.165) is 11.1 Å². The van der Waals surface area contributed by atoms with Gasteiger partial charge in [0.1, 0.15) is 0 Å². The molecule has 0 saturated carbocycles. The van der Waals surface area contributed by atoms with Gasteiger partial charge in [-0.25, -0.2) is 0 Å². The topological polar surface area (TPSA) is 58.2 Å². The molecule has 0 fully saturated rings. The van der Waals surface area contributed by atoms with Gasteiger partial charge < -0.3 is 10.6 Å². The maximum absolute atomic E-state index is 11.4. The minimum Gasteiger partial charge on any atom is -0.348 e. The normalized spacial score (nSPS) is 9.70. The van der Waals surface area contributed by atoms with E-state index in [1.807, 2.05) is 24.3 Å². The Bertz CT molecular complexity index is 481. The number of rotatable bonds is 6. The Morgan fingerprint density at radius 1 is 0.850 bits per heavy atom. The van der Waals surface area contributed by atoms with Crippen LogP contribution in [-0.4, -0.2) is 11.8 Å². The average Bonchev–Trinajstić information content (AvgIpc) is 2.42. The van der Waals surface area contributed by atoms with Crippen LogP contribution >= 0.6 is 0 Å². The van der Waals surface area contributed by atoms with Crippen LogP contribution in [0.2, 0.25) is 0 Å². The molecule has 0 aliphatic carbocycles. The number of benzene rings is 1. The number of hydrogen-bond donors (Lipinski definition) is 2. The number of carbonyl (C=O) groups excluding carboxylic acids is 2. The van der Waals surface area contributed by atoms with Crippen molar-refractivity contribution >= 4 is 11.8 Å². The first-order valence-corrected chi connectivity index (χ1v) is 6.35. The molecule has 4 heteroatoms. The minimum atomic E-state index is -0.150. The molecule has 2 amide bonds. The standard InChI is InChI=1S/C16H20N2O2/c1-11(2)15(19)17-9-13-5-7-14(8-6-13)10-18-16(20)12(3)4/h5-8H,1,3,9-10H2,2,4H3,(H,17,19)(H,18,20). The van der Waals surface area contributed by atoms with Crippen molar-refractivity contribution in [1.82, 2.24) is 10.6 Å². The second-order valence-corrected chi connectivity index (χ2v) is 4.74. The summed E-state index contributed by atoms with van der Waals surface area (Å²) < 4.78 is 0. The van der Waals surface area contributed by atoms with E-state index >= 15 is 0 Å². The third kappa shape index (κ3) is 5.10. The number of nitrogens with one attached hydrogen (secondary N) is 2. The summed E-state index contributed by atoms with van der Waals surface area (Å²) in [6.45, 7) is 11.4. The third-order valence-corrected chi connectivity index (χ3v) is 2.70. The van der Waals surface area contributed by atoms with Crippen molar-refractivity contribution in [2.24, 2.45) is 0 Å². The zero-order valence-electron chi connectivity index (χ0n) is 12.0. The van der Waals surface area contributed by atoms with Gasteiger partial charge in [-0.15, -0.1) is 0 Å². The van der Waals surface area contributed by atoms with Gasteiger partial charge in [-0.3, -0.25) is 9.59 Å². The van der Waals surface area contributed by atoms with E-state index in [1.165, 1.54) is 0 Å². The maximum atomic E-state index is 11.4. The summed E-state index contributed by atoms with van der Waals surface area (Å²) in [5.74, 6) is -0.300. The summed E-state index contributed by atoms with van der Waals surface area (Å²) in [5.41, 5.74) is 2.97. The minimum absolute atomic E-state index is 0.150. The van der Waals surface area contributed by atoms with Gasteiger partial charge in [-0.05, 0) is 25.0 Å². The van der Waals surface area contributed by atoms with E-state index in [4.69, 9.17) is 0 Å². The van der Waals surface area contributed by atoms with Crippen molar-refractivity contribution in [3.8, 4) is 0 Å². The Hall–Kier alpha value is -2.36. The monoisotopic (exact) mass is 272 g/mol. The molecule has 20 heavy (non-hydrogen) atoms. The lowest BCUT2D eigenvalue weighted by Gasteiger charge is -2.07. The van der Waals surface area contributed by atoms with Gasteiger partial charge in [0.05, 0.1) is 0 Å². The highest BCUT2D eigenvalue weighted by Gasteiger charge is 2.03. The largest absolute Gasteiger partial charge is 0.348 e. The molecule has 0 bridgehead atoms. The van der Waals surface area contributed by atoms with Crippen LogP contribution in [0.1, 0.15) is 25.0 Å². The predicted octanol–water partition coefficient (Wildman–Crippen LogP) is 2.07. The van der Waals surface area contributed by atoms with Crippen molar-refractivity contribution in [1.29, 1.82) is 0 Å². The molecule has 0 saturated heterocycles. The fourth-order valence-corrected chi connectivity index (χ4v) is 1.44. The first-order chi connectivity index (χ1) is 9.40. The van der Waals surface area contributed by atoms with Crippen molar-refractivity contribution in [3.05, 3.63) is 59.7 Å². The number of carbonyl (C=O) groups is 2. The molecule has 0 atom stereocenters. The lowest BCUT2D eigenvalue weighted by Crippen LogP contribution is -2.23. The number of amides is 2. The predicted molar refractivity (Wildman–Crippen MR) is 79.8 cm³/mol. The first kappa shape index (κ1) is 15.7. The smallest absolute Gasteiger partial charge is 0.246 e. The summed E-state index contributed by atoms with van der Waals surface area (Å²) in [6, 6.07) is 7.67. The van der Waals surface area contributed by atoms with Crippen LogP contribution < -0.4 is 10.6 Å². The van der Waals surface area contributed by atoms with E-state index in [1.54, 1.807) is 13.8 Å². The molecule has 0 aliphatic heterocycles. The molecule has 1 aromatic carbocycles. The maximum Gasteiger partial charge on any atom is 0.246 e. The van der Waals surface area contributed by atoms with Crippen LogP contribution in [0.15, 0.2) is 48.6 Å². The van der Waals surface area contributed by atoms with Gasteiger partial charge in [-0.1, -0.05) is 37.4 Å². The van der Waals surface area contributed by atoms with Gasteiger partial charge >= 0.3 is 0 Å². The Morgan fingerprint density at radius 2 is 1.15 bits per heavy atom. The van der Waals surface area contributed by atoms with Crippen LogP contribution in [-0.2, 0) is 22.7 Å². The second kappa shape index (κ2) is 7.28. The zero-order chi connectivity index (χ0) is 15.1. The van der Waals surface area contributed by atoms with E-state index in [2.05, 4.69) is 23.8 Å². The lowest BCUT2D eigenvalue weighted by molar-refractivity contribution is -0.118. The molecular weight excluding hydrogens is 252 g/mol. The van der Waals surface area contributed by atoms with Crippen molar-refractivity contribution < 1.29 is 9.59 Å². The van der Waals surface area contributed by atoms with Gasteiger partial charge in [0.25, 0.3) is 0 Å². The molecule has 0 aliphatic rings. The van der Waals surface area contributed by atoms with Crippen molar-refractivity contribution in [2.45, 2.75) is 26.9 Å². The second-order valence-electron chi connectivity index (χ2n) is 4.74. The summed E-state index contributed by atoms with van der Waals surface area (Å²) in [5, 5.41) is 5.53. The van der Waals surface area contributed by atoms with Crippen LogP contribution in [0.3, 0.4) is 0 Å². The molecule has 2 N–H and O–H groups in total. The van der Waals surface area contributed by atoms with Gasteiger partial charge in [0.15, 0.2) is 0 Å². The molecule has 0 spiro atoms. The molecule has 0 radical (unpaired) electrons.